The Morgan fingerprint density at radius 2 is 1.82 bits per heavy atom. The van der Waals surface area contributed by atoms with Gasteiger partial charge in [-0.1, -0.05) is 48.4 Å². The van der Waals surface area contributed by atoms with Crippen LogP contribution in [0, 0.1) is 18.2 Å². The molecule has 1 atom stereocenters. The van der Waals surface area contributed by atoms with E-state index in [1.54, 1.807) is 24.3 Å². The zero-order chi connectivity index (χ0) is 15.9. The van der Waals surface area contributed by atoms with Crippen molar-refractivity contribution in [2.24, 2.45) is 5.73 Å². The van der Waals surface area contributed by atoms with Crippen molar-refractivity contribution >= 4 is 5.91 Å². The van der Waals surface area contributed by atoms with Gasteiger partial charge in [-0.05, 0) is 23.3 Å². The third kappa shape index (κ3) is 3.94. The van der Waals surface area contributed by atoms with Crippen molar-refractivity contribution in [3.8, 4) is 12.3 Å². The normalized spacial score (nSPS) is 11.5. The van der Waals surface area contributed by atoms with Crippen LogP contribution in [0.25, 0.3) is 0 Å². The van der Waals surface area contributed by atoms with Gasteiger partial charge in [-0.3, -0.25) is 4.79 Å². The predicted molar refractivity (Wildman–Crippen MR) is 84.0 cm³/mol. The highest BCUT2D eigenvalue weighted by Crippen LogP contribution is 2.15. The van der Waals surface area contributed by atoms with Gasteiger partial charge in [-0.2, -0.15) is 0 Å². The fourth-order valence-corrected chi connectivity index (χ4v) is 2.13. The molecule has 2 aromatic rings. The minimum atomic E-state index is -0.769. The van der Waals surface area contributed by atoms with E-state index in [4.69, 9.17) is 12.2 Å². The van der Waals surface area contributed by atoms with Gasteiger partial charge >= 0.3 is 0 Å². The Labute approximate surface area is 129 Å². The average molecular weight is 296 g/mol. The molecule has 0 aliphatic carbocycles. The van der Waals surface area contributed by atoms with Crippen LogP contribution in [-0.4, -0.2) is 17.4 Å². The molecule has 0 spiro atoms. The first-order chi connectivity index (χ1) is 10.6. The molecule has 1 unspecified atom stereocenters. The maximum absolute atomic E-state index is 12.9. The summed E-state index contributed by atoms with van der Waals surface area (Å²) in [7, 11) is 0. The van der Waals surface area contributed by atoms with Crippen molar-refractivity contribution < 1.29 is 9.18 Å². The van der Waals surface area contributed by atoms with Crippen molar-refractivity contribution in [3.05, 3.63) is 71.5 Å². The van der Waals surface area contributed by atoms with Crippen LogP contribution >= 0.6 is 0 Å². The fourth-order valence-electron chi connectivity index (χ4n) is 2.13. The molecule has 0 aliphatic heterocycles. The molecule has 0 heterocycles. The SMILES string of the molecule is C#CCN(Cc1ccc(F)cc1)C(=O)C(N)c1ccccc1. The molecule has 22 heavy (non-hydrogen) atoms. The van der Waals surface area contributed by atoms with Crippen molar-refractivity contribution in [1.29, 1.82) is 0 Å². The molecule has 112 valence electrons. The molecule has 0 radical (unpaired) electrons. The van der Waals surface area contributed by atoms with E-state index >= 15 is 0 Å². The molecule has 2 N–H and O–H groups in total. The van der Waals surface area contributed by atoms with Crippen molar-refractivity contribution in [2.45, 2.75) is 12.6 Å². The van der Waals surface area contributed by atoms with Crippen molar-refractivity contribution in [3.63, 3.8) is 0 Å². The Balaban J connectivity index is 2.15. The van der Waals surface area contributed by atoms with Gasteiger partial charge in [0.05, 0.1) is 6.54 Å². The molecule has 1 amide bonds. The second kappa shape index (κ2) is 7.39. The molecule has 0 bridgehead atoms. The Kier molecular flexibility index (Phi) is 5.29. The van der Waals surface area contributed by atoms with Crippen molar-refractivity contribution in [2.75, 3.05) is 6.54 Å². The van der Waals surface area contributed by atoms with Crippen LogP contribution in [0.4, 0.5) is 4.39 Å². The summed E-state index contributed by atoms with van der Waals surface area (Å²) in [4.78, 5) is 14.0. The number of rotatable bonds is 5. The summed E-state index contributed by atoms with van der Waals surface area (Å²) in [6.45, 7) is 0.445. The van der Waals surface area contributed by atoms with Crippen molar-refractivity contribution in [1.82, 2.24) is 4.90 Å². The lowest BCUT2D eigenvalue weighted by atomic mass is 10.1. The smallest absolute Gasteiger partial charge is 0.245 e. The second-order valence-electron chi connectivity index (χ2n) is 4.91. The number of amides is 1. The standard InChI is InChI=1S/C18H17FN2O/c1-2-12-21(13-14-8-10-16(19)11-9-14)18(22)17(20)15-6-4-3-5-7-15/h1,3-11,17H,12-13,20H2. The third-order valence-corrected chi connectivity index (χ3v) is 3.31. The predicted octanol–water partition coefficient (Wildman–Crippen LogP) is 2.49. The number of hydrogen-bond donors (Lipinski definition) is 1. The topological polar surface area (TPSA) is 46.3 Å². The van der Waals surface area contributed by atoms with E-state index in [0.29, 0.717) is 6.54 Å². The number of benzene rings is 2. The first kappa shape index (κ1) is 15.7. The molecule has 0 saturated carbocycles. The molecule has 0 aromatic heterocycles. The zero-order valence-electron chi connectivity index (χ0n) is 12.1. The van der Waals surface area contributed by atoms with Gasteiger partial charge in [-0.15, -0.1) is 6.42 Å². The van der Waals surface area contributed by atoms with E-state index in [-0.39, 0.29) is 18.3 Å². The summed E-state index contributed by atoms with van der Waals surface area (Å²) in [6.07, 6.45) is 5.34. The summed E-state index contributed by atoms with van der Waals surface area (Å²) in [6, 6.07) is 14.3. The lowest BCUT2D eigenvalue weighted by Gasteiger charge is -2.24. The van der Waals surface area contributed by atoms with Gasteiger partial charge < -0.3 is 10.6 Å². The van der Waals surface area contributed by atoms with Crippen LogP contribution in [-0.2, 0) is 11.3 Å². The van der Waals surface area contributed by atoms with Gasteiger partial charge in [0.1, 0.15) is 11.9 Å². The molecule has 3 nitrogen and oxygen atoms in total. The number of hydrogen-bond acceptors (Lipinski definition) is 2. The Hall–Kier alpha value is -2.64. The Morgan fingerprint density at radius 3 is 2.41 bits per heavy atom. The number of nitrogens with two attached hydrogens (primary N) is 1. The van der Waals surface area contributed by atoms with Crippen LogP contribution in [0.5, 0.6) is 0 Å². The van der Waals surface area contributed by atoms with E-state index < -0.39 is 6.04 Å². The van der Waals surface area contributed by atoms with Gasteiger partial charge in [0.25, 0.3) is 0 Å². The molecule has 0 fully saturated rings. The number of carbonyl (C=O) groups is 1. The molecule has 2 aromatic carbocycles. The van der Waals surface area contributed by atoms with Gasteiger partial charge in [0.2, 0.25) is 5.91 Å². The molecule has 2 rings (SSSR count). The first-order valence-corrected chi connectivity index (χ1v) is 6.89. The van der Waals surface area contributed by atoms with Crippen LogP contribution in [0.2, 0.25) is 0 Å². The maximum Gasteiger partial charge on any atom is 0.245 e. The highest BCUT2D eigenvalue weighted by atomic mass is 19.1. The molecular formula is C18H17FN2O. The average Bonchev–Trinajstić information content (AvgIpc) is 2.56. The lowest BCUT2D eigenvalue weighted by molar-refractivity contribution is -0.132. The lowest BCUT2D eigenvalue weighted by Crippen LogP contribution is -2.38. The van der Waals surface area contributed by atoms with Crippen LogP contribution in [0.3, 0.4) is 0 Å². The van der Waals surface area contributed by atoms with E-state index in [1.165, 1.54) is 17.0 Å². The van der Waals surface area contributed by atoms with E-state index in [2.05, 4.69) is 5.92 Å². The van der Waals surface area contributed by atoms with E-state index in [0.717, 1.165) is 11.1 Å². The van der Waals surface area contributed by atoms with Crippen LogP contribution in [0.15, 0.2) is 54.6 Å². The molecule has 0 saturated heterocycles. The largest absolute Gasteiger partial charge is 0.326 e. The molecule has 4 heteroatoms. The Bertz CT molecular complexity index is 662. The molecule has 0 aliphatic rings. The monoisotopic (exact) mass is 296 g/mol. The fraction of sp³-hybridized carbons (Fsp3) is 0.167. The second-order valence-corrected chi connectivity index (χ2v) is 4.91. The Morgan fingerprint density at radius 1 is 1.18 bits per heavy atom. The highest BCUT2D eigenvalue weighted by Gasteiger charge is 2.22. The first-order valence-electron chi connectivity index (χ1n) is 6.89. The number of carbonyl (C=O) groups excluding carboxylic acids is 1. The number of nitrogens with zero attached hydrogens (tertiary/aromatic N) is 1. The number of halogens is 1. The van der Waals surface area contributed by atoms with Gasteiger partial charge in [0, 0.05) is 6.54 Å². The third-order valence-electron chi connectivity index (χ3n) is 3.31. The summed E-state index contributed by atoms with van der Waals surface area (Å²) >= 11 is 0. The zero-order valence-corrected chi connectivity index (χ0v) is 12.1. The maximum atomic E-state index is 12.9. The van der Waals surface area contributed by atoms with Crippen LogP contribution in [0.1, 0.15) is 17.2 Å². The highest BCUT2D eigenvalue weighted by molar-refractivity contribution is 5.83. The minimum Gasteiger partial charge on any atom is -0.326 e. The summed E-state index contributed by atoms with van der Waals surface area (Å²) in [5.41, 5.74) is 7.55. The quantitative estimate of drug-likeness (QED) is 0.862. The number of terminal acetylenes is 1. The molecular weight excluding hydrogens is 279 g/mol. The summed E-state index contributed by atoms with van der Waals surface area (Å²) in [5, 5.41) is 0. The minimum absolute atomic E-state index is 0.150. The van der Waals surface area contributed by atoms with Crippen LogP contribution < -0.4 is 5.73 Å². The van der Waals surface area contributed by atoms with Gasteiger partial charge in [-0.25, -0.2) is 4.39 Å². The van der Waals surface area contributed by atoms with E-state index in [9.17, 15) is 9.18 Å². The van der Waals surface area contributed by atoms with E-state index in [1.807, 2.05) is 18.2 Å². The summed E-state index contributed by atoms with van der Waals surface area (Å²) < 4.78 is 12.9. The summed E-state index contributed by atoms with van der Waals surface area (Å²) in [5.74, 6) is 1.89. The van der Waals surface area contributed by atoms with Gasteiger partial charge in [0.15, 0.2) is 0 Å².